The second kappa shape index (κ2) is 7.95. The summed E-state index contributed by atoms with van der Waals surface area (Å²) in [5.41, 5.74) is 8.74. The van der Waals surface area contributed by atoms with Crippen LogP contribution in [0.3, 0.4) is 0 Å². The molecular formula is C20H18N2O4S2. The van der Waals surface area contributed by atoms with E-state index in [0.29, 0.717) is 4.88 Å². The number of nitrogens with two attached hydrogens (primary N) is 1. The lowest BCUT2D eigenvalue weighted by Crippen LogP contribution is -2.08. The standard InChI is InChI=1S/C20H18N2O4S2/c1-28(25,26)16-8-4-13(5-9-16)17-12-18(20(21)24)27-19(17)14-2-6-15(7-3-14)22-10-11-23/h2-9,11-12,22H,10H2,1H3,(H2,21,24). The van der Waals surface area contributed by atoms with E-state index in [1.165, 1.54) is 11.3 Å². The van der Waals surface area contributed by atoms with Gasteiger partial charge >= 0.3 is 0 Å². The predicted octanol–water partition coefficient (Wildman–Crippen LogP) is 3.20. The van der Waals surface area contributed by atoms with Gasteiger partial charge in [0.05, 0.1) is 16.3 Å². The van der Waals surface area contributed by atoms with Gasteiger partial charge in [0.25, 0.3) is 5.91 Å². The number of sulfone groups is 1. The number of carbonyl (C=O) groups is 2. The molecule has 0 aliphatic heterocycles. The molecule has 0 fully saturated rings. The summed E-state index contributed by atoms with van der Waals surface area (Å²) in [7, 11) is -3.29. The summed E-state index contributed by atoms with van der Waals surface area (Å²) in [6, 6.07) is 15.7. The highest BCUT2D eigenvalue weighted by Crippen LogP contribution is 2.39. The van der Waals surface area contributed by atoms with Gasteiger partial charge in [-0.25, -0.2) is 8.42 Å². The van der Waals surface area contributed by atoms with Gasteiger partial charge in [0, 0.05) is 22.4 Å². The molecule has 3 N–H and O–H groups in total. The van der Waals surface area contributed by atoms with E-state index < -0.39 is 15.7 Å². The summed E-state index contributed by atoms with van der Waals surface area (Å²) in [6.07, 6.45) is 1.94. The Balaban J connectivity index is 2.04. The number of rotatable bonds is 7. The van der Waals surface area contributed by atoms with E-state index in [0.717, 1.165) is 39.8 Å². The lowest BCUT2D eigenvalue weighted by Gasteiger charge is -2.07. The monoisotopic (exact) mass is 414 g/mol. The minimum absolute atomic E-state index is 0.224. The van der Waals surface area contributed by atoms with Gasteiger partial charge in [-0.1, -0.05) is 24.3 Å². The largest absolute Gasteiger partial charge is 0.378 e. The van der Waals surface area contributed by atoms with Crippen molar-refractivity contribution >= 4 is 39.1 Å². The molecule has 0 atom stereocenters. The van der Waals surface area contributed by atoms with E-state index in [1.807, 2.05) is 24.3 Å². The van der Waals surface area contributed by atoms with Crippen LogP contribution < -0.4 is 11.1 Å². The van der Waals surface area contributed by atoms with Gasteiger partial charge in [-0.15, -0.1) is 11.3 Å². The Labute approximate surface area is 166 Å². The van der Waals surface area contributed by atoms with Gasteiger partial charge in [-0.2, -0.15) is 0 Å². The number of primary amides is 1. The molecule has 144 valence electrons. The molecule has 0 saturated carbocycles. The van der Waals surface area contributed by atoms with Gasteiger partial charge in [0.2, 0.25) is 0 Å². The van der Waals surface area contributed by atoms with Crippen LogP contribution in [0.25, 0.3) is 21.6 Å². The van der Waals surface area contributed by atoms with Crippen molar-refractivity contribution in [2.45, 2.75) is 4.90 Å². The zero-order valence-electron chi connectivity index (χ0n) is 15.0. The maximum absolute atomic E-state index is 11.7. The van der Waals surface area contributed by atoms with Crippen LogP contribution in [-0.2, 0) is 14.6 Å². The fraction of sp³-hybridized carbons (Fsp3) is 0.100. The van der Waals surface area contributed by atoms with Gasteiger partial charge in [-0.3, -0.25) is 4.79 Å². The van der Waals surface area contributed by atoms with Crippen LogP contribution >= 0.6 is 11.3 Å². The first-order valence-corrected chi connectivity index (χ1v) is 11.0. The van der Waals surface area contributed by atoms with Crippen molar-refractivity contribution in [3.05, 3.63) is 59.5 Å². The quantitative estimate of drug-likeness (QED) is 0.578. The second-order valence-corrected chi connectivity index (χ2v) is 9.21. The number of hydrogen-bond donors (Lipinski definition) is 2. The van der Waals surface area contributed by atoms with Crippen molar-refractivity contribution in [1.29, 1.82) is 0 Å². The Morgan fingerprint density at radius 1 is 1.07 bits per heavy atom. The van der Waals surface area contributed by atoms with E-state index in [4.69, 9.17) is 5.73 Å². The first-order chi connectivity index (χ1) is 13.3. The zero-order chi connectivity index (χ0) is 20.3. The van der Waals surface area contributed by atoms with Crippen LogP contribution in [-0.4, -0.2) is 33.4 Å². The van der Waals surface area contributed by atoms with E-state index >= 15 is 0 Å². The third kappa shape index (κ3) is 4.29. The summed E-state index contributed by atoms with van der Waals surface area (Å²) < 4.78 is 23.4. The molecule has 3 rings (SSSR count). The maximum atomic E-state index is 11.7. The third-order valence-electron chi connectivity index (χ3n) is 4.11. The average molecular weight is 415 g/mol. The summed E-state index contributed by atoms with van der Waals surface area (Å²) in [5.74, 6) is -0.519. The molecule has 3 aromatic rings. The fourth-order valence-electron chi connectivity index (χ4n) is 2.72. The predicted molar refractivity (Wildman–Crippen MR) is 111 cm³/mol. The number of thiophene rings is 1. The molecule has 28 heavy (non-hydrogen) atoms. The highest BCUT2D eigenvalue weighted by atomic mass is 32.2. The Morgan fingerprint density at radius 2 is 1.68 bits per heavy atom. The molecular weight excluding hydrogens is 396 g/mol. The van der Waals surface area contributed by atoms with Crippen LogP contribution in [0, 0.1) is 0 Å². The van der Waals surface area contributed by atoms with Crippen LogP contribution in [0.2, 0.25) is 0 Å². The van der Waals surface area contributed by atoms with Crippen molar-refractivity contribution < 1.29 is 18.0 Å². The maximum Gasteiger partial charge on any atom is 0.258 e. The molecule has 1 amide bonds. The molecule has 0 spiro atoms. The minimum Gasteiger partial charge on any atom is -0.378 e. The topological polar surface area (TPSA) is 106 Å². The second-order valence-electron chi connectivity index (χ2n) is 6.14. The normalized spacial score (nSPS) is 11.2. The highest BCUT2D eigenvalue weighted by molar-refractivity contribution is 7.90. The molecule has 0 saturated heterocycles. The highest BCUT2D eigenvalue weighted by Gasteiger charge is 2.16. The number of anilines is 1. The summed E-state index contributed by atoms with van der Waals surface area (Å²) in [6.45, 7) is 0.224. The summed E-state index contributed by atoms with van der Waals surface area (Å²) in [4.78, 5) is 23.7. The Morgan fingerprint density at radius 3 is 2.21 bits per heavy atom. The van der Waals surface area contributed by atoms with Crippen molar-refractivity contribution in [2.24, 2.45) is 5.73 Å². The van der Waals surface area contributed by atoms with E-state index in [2.05, 4.69) is 5.32 Å². The summed E-state index contributed by atoms with van der Waals surface area (Å²) in [5, 5.41) is 2.97. The molecule has 8 heteroatoms. The number of nitrogens with one attached hydrogen (secondary N) is 1. The molecule has 1 aromatic heterocycles. The average Bonchev–Trinajstić information content (AvgIpc) is 3.12. The SMILES string of the molecule is CS(=O)(=O)c1ccc(-c2cc(C(N)=O)sc2-c2ccc(NCC=O)cc2)cc1. The molecule has 0 aliphatic rings. The molecule has 6 nitrogen and oxygen atoms in total. The van der Waals surface area contributed by atoms with E-state index in [1.54, 1.807) is 30.3 Å². The van der Waals surface area contributed by atoms with Gasteiger partial charge < -0.3 is 15.8 Å². The number of amides is 1. The Bertz CT molecular complexity index is 1120. The Hall–Kier alpha value is -2.97. The lowest BCUT2D eigenvalue weighted by molar-refractivity contribution is -0.106. The van der Waals surface area contributed by atoms with Gasteiger partial charge in [0.15, 0.2) is 9.84 Å². The van der Waals surface area contributed by atoms with E-state index in [-0.39, 0.29) is 11.4 Å². The van der Waals surface area contributed by atoms with Gasteiger partial charge in [-0.05, 0) is 41.5 Å². The van der Waals surface area contributed by atoms with Crippen molar-refractivity contribution in [3.63, 3.8) is 0 Å². The van der Waals surface area contributed by atoms with Crippen molar-refractivity contribution in [2.75, 3.05) is 18.1 Å². The van der Waals surface area contributed by atoms with Crippen molar-refractivity contribution in [1.82, 2.24) is 0 Å². The molecule has 0 aliphatic carbocycles. The zero-order valence-corrected chi connectivity index (χ0v) is 16.6. The third-order valence-corrected chi connectivity index (χ3v) is 6.43. The number of benzene rings is 2. The molecule has 2 aromatic carbocycles. The molecule has 1 heterocycles. The lowest BCUT2D eigenvalue weighted by atomic mass is 10.0. The fourth-order valence-corrected chi connectivity index (χ4v) is 4.39. The Kier molecular flexibility index (Phi) is 5.62. The smallest absolute Gasteiger partial charge is 0.258 e. The van der Waals surface area contributed by atoms with Crippen LogP contribution in [0.1, 0.15) is 9.67 Å². The first kappa shape index (κ1) is 19.8. The van der Waals surface area contributed by atoms with E-state index in [9.17, 15) is 18.0 Å². The number of hydrogen-bond acceptors (Lipinski definition) is 6. The first-order valence-electron chi connectivity index (χ1n) is 8.31. The molecule has 0 unspecified atom stereocenters. The van der Waals surface area contributed by atoms with Crippen molar-refractivity contribution in [3.8, 4) is 21.6 Å². The van der Waals surface area contributed by atoms with Crippen LogP contribution in [0.15, 0.2) is 59.5 Å². The number of aldehydes is 1. The van der Waals surface area contributed by atoms with Gasteiger partial charge in [0.1, 0.15) is 6.29 Å². The summed E-state index contributed by atoms with van der Waals surface area (Å²) >= 11 is 1.28. The van der Waals surface area contributed by atoms with Crippen LogP contribution in [0.5, 0.6) is 0 Å². The minimum atomic E-state index is -3.29. The number of carbonyl (C=O) groups excluding carboxylic acids is 2. The molecule has 0 bridgehead atoms. The van der Waals surface area contributed by atoms with Crippen LogP contribution in [0.4, 0.5) is 5.69 Å². The molecule has 0 radical (unpaired) electrons.